The monoisotopic (exact) mass is 404 g/mol. The van der Waals surface area contributed by atoms with Gasteiger partial charge in [0.05, 0.1) is 30.2 Å². The van der Waals surface area contributed by atoms with E-state index < -0.39 is 0 Å². The van der Waals surface area contributed by atoms with E-state index in [0.29, 0.717) is 28.5 Å². The number of nitriles is 1. The number of nitrogens with one attached hydrogen (secondary N) is 1. The Morgan fingerprint density at radius 2 is 2.07 bits per heavy atom. The van der Waals surface area contributed by atoms with Crippen LogP contribution in [0.2, 0.25) is 5.02 Å². The second-order valence-electron chi connectivity index (χ2n) is 6.57. The van der Waals surface area contributed by atoms with Crippen molar-refractivity contribution < 1.29 is 9.21 Å². The normalized spacial score (nSPS) is 15.7. The quantitative estimate of drug-likeness (QED) is 0.674. The first-order valence-electron chi connectivity index (χ1n) is 9.07. The van der Waals surface area contributed by atoms with E-state index in [4.69, 9.17) is 21.3 Å². The average molecular weight is 405 g/mol. The highest BCUT2D eigenvalue weighted by Gasteiger charge is 2.34. The van der Waals surface area contributed by atoms with E-state index in [1.165, 1.54) is 5.01 Å². The Labute approximate surface area is 173 Å². The van der Waals surface area contributed by atoms with Crippen LogP contribution < -0.4 is 5.32 Å². The SMILES string of the molecule is N#Cc1cccc(NCC(=O)N2N=C(c3ccc(Cl)cc3)CC2c2ccco2)c1. The number of hydrogen-bond donors (Lipinski definition) is 1. The van der Waals surface area contributed by atoms with Crippen LogP contribution in [0.1, 0.15) is 29.3 Å². The lowest BCUT2D eigenvalue weighted by Crippen LogP contribution is -2.32. The number of carbonyl (C=O) groups is 1. The third kappa shape index (κ3) is 4.15. The molecule has 2 heterocycles. The molecule has 29 heavy (non-hydrogen) atoms. The number of nitrogens with zero attached hydrogens (tertiary/aromatic N) is 3. The van der Waals surface area contributed by atoms with E-state index in [0.717, 1.165) is 11.3 Å². The molecule has 1 aliphatic rings. The lowest BCUT2D eigenvalue weighted by atomic mass is 10.0. The van der Waals surface area contributed by atoms with E-state index >= 15 is 0 Å². The molecule has 2 aromatic carbocycles. The van der Waals surface area contributed by atoms with E-state index in [9.17, 15) is 4.79 Å². The van der Waals surface area contributed by atoms with Gasteiger partial charge < -0.3 is 9.73 Å². The Balaban J connectivity index is 1.54. The Morgan fingerprint density at radius 1 is 1.24 bits per heavy atom. The first-order valence-corrected chi connectivity index (χ1v) is 9.45. The summed E-state index contributed by atoms with van der Waals surface area (Å²) >= 11 is 5.98. The summed E-state index contributed by atoms with van der Waals surface area (Å²) in [5.41, 5.74) is 2.94. The Morgan fingerprint density at radius 3 is 2.79 bits per heavy atom. The maximum atomic E-state index is 12.9. The predicted molar refractivity (Wildman–Crippen MR) is 111 cm³/mol. The smallest absolute Gasteiger partial charge is 0.262 e. The molecule has 0 spiro atoms. The molecule has 6 nitrogen and oxygen atoms in total. The number of rotatable bonds is 5. The number of amides is 1. The van der Waals surface area contributed by atoms with Crippen LogP contribution in [0.5, 0.6) is 0 Å². The van der Waals surface area contributed by atoms with Crippen molar-refractivity contribution >= 4 is 28.9 Å². The molecule has 1 aliphatic heterocycles. The van der Waals surface area contributed by atoms with Crippen molar-refractivity contribution in [2.45, 2.75) is 12.5 Å². The standard InChI is InChI=1S/C22H17ClN4O2/c23-17-8-6-16(7-9-17)19-12-20(21-5-2-10-29-21)27(26-19)22(28)14-25-18-4-1-3-15(11-18)13-24/h1-11,20,25H,12,14H2. The van der Waals surface area contributed by atoms with E-state index in [1.54, 1.807) is 42.7 Å². The molecule has 1 atom stereocenters. The van der Waals surface area contributed by atoms with Crippen molar-refractivity contribution in [1.29, 1.82) is 5.26 Å². The van der Waals surface area contributed by atoms with Crippen LogP contribution in [0.3, 0.4) is 0 Å². The van der Waals surface area contributed by atoms with Gasteiger partial charge in [-0.05, 0) is 48.0 Å². The maximum Gasteiger partial charge on any atom is 0.262 e. The van der Waals surface area contributed by atoms with Crippen molar-refractivity contribution in [3.05, 3.63) is 88.8 Å². The van der Waals surface area contributed by atoms with Gasteiger partial charge in [0, 0.05) is 17.1 Å². The number of carbonyl (C=O) groups excluding carboxylic acids is 1. The number of benzene rings is 2. The Kier molecular flexibility index (Phi) is 5.32. The molecular formula is C22H17ClN4O2. The molecule has 0 aliphatic carbocycles. The number of anilines is 1. The molecule has 4 rings (SSSR count). The third-order valence-corrected chi connectivity index (χ3v) is 4.90. The van der Waals surface area contributed by atoms with Crippen LogP contribution in [-0.2, 0) is 4.79 Å². The number of halogens is 1. The molecule has 0 saturated carbocycles. The van der Waals surface area contributed by atoms with Gasteiger partial charge in [-0.15, -0.1) is 0 Å². The average Bonchev–Trinajstić information content (AvgIpc) is 3.42. The van der Waals surface area contributed by atoms with Crippen LogP contribution >= 0.6 is 11.6 Å². The summed E-state index contributed by atoms with van der Waals surface area (Å²) in [6, 6.07) is 19.8. The summed E-state index contributed by atoms with van der Waals surface area (Å²) in [5, 5.41) is 18.8. The highest BCUT2D eigenvalue weighted by Crippen LogP contribution is 2.33. The van der Waals surface area contributed by atoms with Gasteiger partial charge in [-0.1, -0.05) is 29.8 Å². The minimum absolute atomic E-state index is 0.0451. The van der Waals surface area contributed by atoms with E-state index in [1.807, 2.05) is 24.3 Å². The summed E-state index contributed by atoms with van der Waals surface area (Å²) in [7, 11) is 0. The summed E-state index contributed by atoms with van der Waals surface area (Å²) in [4.78, 5) is 12.9. The van der Waals surface area contributed by atoms with Crippen molar-refractivity contribution in [3.8, 4) is 6.07 Å². The second-order valence-corrected chi connectivity index (χ2v) is 7.01. The van der Waals surface area contributed by atoms with Crippen LogP contribution in [-0.4, -0.2) is 23.2 Å². The Bertz CT molecular complexity index is 1080. The molecule has 1 amide bonds. The molecular weight excluding hydrogens is 388 g/mol. The molecule has 1 unspecified atom stereocenters. The zero-order valence-corrected chi connectivity index (χ0v) is 16.1. The van der Waals surface area contributed by atoms with Crippen LogP contribution in [0.25, 0.3) is 0 Å². The molecule has 0 radical (unpaired) electrons. The van der Waals surface area contributed by atoms with Crippen LogP contribution in [0.4, 0.5) is 5.69 Å². The zero-order valence-electron chi connectivity index (χ0n) is 15.4. The molecule has 1 N–H and O–H groups in total. The van der Waals surface area contributed by atoms with Gasteiger partial charge in [0.2, 0.25) is 0 Å². The highest BCUT2D eigenvalue weighted by molar-refractivity contribution is 6.30. The second kappa shape index (κ2) is 8.21. The van der Waals surface area contributed by atoms with Gasteiger partial charge in [0.1, 0.15) is 11.8 Å². The zero-order chi connectivity index (χ0) is 20.2. The summed E-state index contributed by atoms with van der Waals surface area (Å²) in [6.07, 6.45) is 2.13. The summed E-state index contributed by atoms with van der Waals surface area (Å²) in [5.74, 6) is 0.482. The van der Waals surface area contributed by atoms with E-state index in [2.05, 4.69) is 16.5 Å². The largest absolute Gasteiger partial charge is 0.467 e. The lowest BCUT2D eigenvalue weighted by molar-refractivity contribution is -0.131. The highest BCUT2D eigenvalue weighted by atomic mass is 35.5. The summed E-state index contributed by atoms with van der Waals surface area (Å²) in [6.45, 7) is 0.0451. The van der Waals surface area contributed by atoms with Gasteiger partial charge in [0.25, 0.3) is 5.91 Å². The summed E-state index contributed by atoms with van der Waals surface area (Å²) < 4.78 is 5.55. The molecule has 0 saturated heterocycles. The molecule has 0 fully saturated rings. The van der Waals surface area contributed by atoms with Crippen molar-refractivity contribution in [3.63, 3.8) is 0 Å². The fourth-order valence-corrected chi connectivity index (χ4v) is 3.34. The van der Waals surface area contributed by atoms with Crippen LogP contribution in [0, 0.1) is 11.3 Å². The Hall–Kier alpha value is -3.56. The van der Waals surface area contributed by atoms with Crippen molar-refractivity contribution in [2.24, 2.45) is 5.10 Å². The maximum absolute atomic E-state index is 12.9. The number of hydrazone groups is 1. The van der Waals surface area contributed by atoms with Crippen LogP contribution in [0.15, 0.2) is 76.4 Å². The fourth-order valence-electron chi connectivity index (χ4n) is 3.22. The minimum Gasteiger partial charge on any atom is -0.467 e. The van der Waals surface area contributed by atoms with Gasteiger partial charge in [-0.2, -0.15) is 10.4 Å². The fraction of sp³-hybridized carbons (Fsp3) is 0.136. The van der Waals surface area contributed by atoms with Gasteiger partial charge in [0.15, 0.2) is 0 Å². The first kappa shape index (κ1) is 18.8. The topological polar surface area (TPSA) is 81.6 Å². The molecule has 3 aromatic rings. The molecule has 0 bridgehead atoms. The molecule has 144 valence electrons. The van der Waals surface area contributed by atoms with Crippen molar-refractivity contribution in [2.75, 3.05) is 11.9 Å². The predicted octanol–water partition coefficient (Wildman–Crippen LogP) is 4.59. The van der Waals surface area contributed by atoms with Gasteiger partial charge in [-0.25, -0.2) is 5.01 Å². The molecule has 7 heteroatoms. The first-order chi connectivity index (χ1) is 14.1. The minimum atomic E-state index is -0.310. The molecule has 1 aromatic heterocycles. The number of furan rings is 1. The third-order valence-electron chi connectivity index (χ3n) is 4.65. The lowest BCUT2D eigenvalue weighted by Gasteiger charge is -2.20. The van der Waals surface area contributed by atoms with Gasteiger partial charge >= 0.3 is 0 Å². The van der Waals surface area contributed by atoms with E-state index in [-0.39, 0.29) is 18.5 Å². The van der Waals surface area contributed by atoms with Crippen molar-refractivity contribution in [1.82, 2.24) is 5.01 Å². The number of hydrogen-bond acceptors (Lipinski definition) is 5. The van der Waals surface area contributed by atoms with Gasteiger partial charge in [-0.3, -0.25) is 4.79 Å².